The first-order valence-corrected chi connectivity index (χ1v) is 8.44. The normalized spacial score (nSPS) is 14.2. The van der Waals surface area contributed by atoms with Gasteiger partial charge in [-0.05, 0) is 49.2 Å². The van der Waals surface area contributed by atoms with E-state index in [0.717, 1.165) is 48.2 Å². The minimum Gasteiger partial charge on any atom is -0.346 e. The SMILES string of the molecule is Cl.O=C(NCc1nc(C(F)(F)F)cs1)c1ccc2c(c1)CCNCC2. The monoisotopic (exact) mass is 391 g/mol. The first kappa shape index (κ1) is 19.7. The van der Waals surface area contributed by atoms with Crippen LogP contribution in [0.4, 0.5) is 13.2 Å². The molecule has 0 saturated heterocycles. The highest BCUT2D eigenvalue weighted by atomic mass is 35.5. The minimum atomic E-state index is -4.45. The fourth-order valence-corrected chi connectivity index (χ4v) is 3.34. The molecule has 0 spiro atoms. The van der Waals surface area contributed by atoms with Crippen LogP contribution in [0.2, 0.25) is 0 Å². The molecule has 0 fully saturated rings. The number of nitrogens with one attached hydrogen (secondary N) is 2. The first-order chi connectivity index (χ1) is 11.4. The number of halogens is 4. The van der Waals surface area contributed by atoms with Gasteiger partial charge in [-0.2, -0.15) is 13.2 Å². The number of amides is 1. The number of benzene rings is 1. The standard InChI is InChI=1S/C16H16F3N3OS.ClH/c17-16(18,19)13-9-24-14(22-13)8-21-15(23)12-2-1-10-3-5-20-6-4-11(10)7-12;/h1-2,7,9,20H,3-6,8H2,(H,21,23);1H. The van der Waals surface area contributed by atoms with Gasteiger partial charge in [-0.3, -0.25) is 4.79 Å². The van der Waals surface area contributed by atoms with Crippen LogP contribution in [0.25, 0.3) is 0 Å². The summed E-state index contributed by atoms with van der Waals surface area (Å²) >= 11 is 0.885. The van der Waals surface area contributed by atoms with Crippen molar-refractivity contribution >= 4 is 29.7 Å². The van der Waals surface area contributed by atoms with Crippen LogP contribution in [0.5, 0.6) is 0 Å². The molecule has 4 nitrogen and oxygen atoms in total. The average Bonchev–Trinajstić information content (AvgIpc) is 2.91. The van der Waals surface area contributed by atoms with Gasteiger partial charge in [0.15, 0.2) is 5.69 Å². The maximum atomic E-state index is 12.5. The highest BCUT2D eigenvalue weighted by Crippen LogP contribution is 2.29. The fourth-order valence-electron chi connectivity index (χ4n) is 2.60. The van der Waals surface area contributed by atoms with Crippen LogP contribution < -0.4 is 10.6 Å². The Hall–Kier alpha value is -1.64. The molecule has 0 atom stereocenters. The third-order valence-electron chi connectivity index (χ3n) is 3.85. The molecule has 0 bridgehead atoms. The van der Waals surface area contributed by atoms with Gasteiger partial charge >= 0.3 is 6.18 Å². The Kier molecular flexibility index (Phi) is 6.42. The first-order valence-electron chi connectivity index (χ1n) is 7.56. The number of hydrogen-bond donors (Lipinski definition) is 2. The molecule has 25 heavy (non-hydrogen) atoms. The third-order valence-corrected chi connectivity index (χ3v) is 4.70. The number of aromatic nitrogens is 1. The quantitative estimate of drug-likeness (QED) is 0.844. The highest BCUT2D eigenvalue weighted by Gasteiger charge is 2.33. The molecule has 2 aromatic rings. The molecule has 0 saturated carbocycles. The van der Waals surface area contributed by atoms with Crippen LogP contribution in [0.15, 0.2) is 23.6 Å². The van der Waals surface area contributed by atoms with E-state index < -0.39 is 11.9 Å². The van der Waals surface area contributed by atoms with E-state index in [1.54, 1.807) is 6.07 Å². The van der Waals surface area contributed by atoms with Crippen LogP contribution >= 0.6 is 23.7 Å². The van der Waals surface area contributed by atoms with Crippen LogP contribution in [-0.4, -0.2) is 24.0 Å². The number of rotatable bonds is 3. The van der Waals surface area contributed by atoms with Crippen molar-refractivity contribution in [3.05, 3.63) is 51.0 Å². The Balaban J connectivity index is 0.00000225. The van der Waals surface area contributed by atoms with E-state index in [0.29, 0.717) is 5.56 Å². The lowest BCUT2D eigenvalue weighted by Crippen LogP contribution is -2.23. The summed E-state index contributed by atoms with van der Waals surface area (Å²) in [6.45, 7) is 1.78. The van der Waals surface area contributed by atoms with E-state index >= 15 is 0 Å². The summed E-state index contributed by atoms with van der Waals surface area (Å²) < 4.78 is 37.5. The van der Waals surface area contributed by atoms with E-state index in [1.165, 1.54) is 5.56 Å². The molecule has 9 heteroatoms. The van der Waals surface area contributed by atoms with Crippen molar-refractivity contribution in [2.75, 3.05) is 13.1 Å². The molecule has 3 rings (SSSR count). The molecule has 1 aliphatic rings. The number of alkyl halides is 3. The van der Waals surface area contributed by atoms with Crippen molar-refractivity contribution < 1.29 is 18.0 Å². The van der Waals surface area contributed by atoms with E-state index in [1.807, 2.05) is 12.1 Å². The van der Waals surface area contributed by atoms with Gasteiger partial charge in [-0.25, -0.2) is 4.98 Å². The van der Waals surface area contributed by atoms with Crippen molar-refractivity contribution in [3.8, 4) is 0 Å². The Labute approximate surface area is 153 Å². The second kappa shape index (κ2) is 8.16. The average molecular weight is 392 g/mol. The Morgan fingerprint density at radius 1 is 1.24 bits per heavy atom. The summed E-state index contributed by atoms with van der Waals surface area (Å²) in [5, 5.41) is 7.12. The molecular formula is C16H17ClF3N3OS. The van der Waals surface area contributed by atoms with Crippen molar-refractivity contribution in [2.45, 2.75) is 25.6 Å². The van der Waals surface area contributed by atoms with Crippen LogP contribution in [-0.2, 0) is 25.6 Å². The number of thiazole rings is 1. The smallest absolute Gasteiger partial charge is 0.346 e. The summed E-state index contributed by atoms with van der Waals surface area (Å²) in [6.07, 6.45) is -2.67. The van der Waals surface area contributed by atoms with E-state index in [4.69, 9.17) is 0 Å². The van der Waals surface area contributed by atoms with Gasteiger partial charge < -0.3 is 10.6 Å². The Bertz CT molecular complexity index is 748. The minimum absolute atomic E-state index is 0. The Morgan fingerprint density at radius 3 is 2.64 bits per heavy atom. The van der Waals surface area contributed by atoms with Crippen molar-refractivity contribution in [1.29, 1.82) is 0 Å². The summed E-state index contributed by atoms with van der Waals surface area (Å²) in [4.78, 5) is 15.7. The van der Waals surface area contributed by atoms with Crippen molar-refractivity contribution in [1.82, 2.24) is 15.6 Å². The summed E-state index contributed by atoms with van der Waals surface area (Å²) in [6, 6.07) is 5.56. The predicted octanol–water partition coefficient (Wildman–Crippen LogP) is 3.20. The van der Waals surface area contributed by atoms with Crippen LogP contribution in [0, 0.1) is 0 Å². The Morgan fingerprint density at radius 2 is 1.96 bits per heavy atom. The topological polar surface area (TPSA) is 54.0 Å². The van der Waals surface area contributed by atoms with E-state index in [2.05, 4.69) is 15.6 Å². The molecular weight excluding hydrogens is 375 g/mol. The molecule has 0 aliphatic carbocycles. The summed E-state index contributed by atoms with van der Waals surface area (Å²) in [5.41, 5.74) is 1.96. The lowest BCUT2D eigenvalue weighted by atomic mass is 10.00. The maximum absolute atomic E-state index is 12.5. The molecule has 1 aliphatic heterocycles. The predicted molar refractivity (Wildman–Crippen MR) is 92.3 cm³/mol. The van der Waals surface area contributed by atoms with Gasteiger partial charge in [0.05, 0.1) is 6.54 Å². The number of hydrogen-bond acceptors (Lipinski definition) is 4. The van der Waals surface area contributed by atoms with Gasteiger partial charge in [-0.1, -0.05) is 6.07 Å². The maximum Gasteiger partial charge on any atom is 0.434 e. The zero-order valence-electron chi connectivity index (χ0n) is 13.2. The molecule has 1 aromatic heterocycles. The zero-order chi connectivity index (χ0) is 17.2. The van der Waals surface area contributed by atoms with E-state index in [-0.39, 0.29) is 29.9 Å². The lowest BCUT2D eigenvalue weighted by Gasteiger charge is -2.08. The number of carbonyl (C=O) groups is 1. The van der Waals surface area contributed by atoms with Gasteiger partial charge in [0.1, 0.15) is 5.01 Å². The second-order valence-corrected chi connectivity index (χ2v) is 6.48. The fraction of sp³-hybridized carbons (Fsp3) is 0.375. The number of fused-ring (bicyclic) bond motifs is 1. The highest BCUT2D eigenvalue weighted by molar-refractivity contribution is 7.09. The van der Waals surface area contributed by atoms with Gasteiger partial charge in [0.25, 0.3) is 5.91 Å². The third kappa shape index (κ3) is 4.93. The van der Waals surface area contributed by atoms with Gasteiger partial charge in [0, 0.05) is 10.9 Å². The van der Waals surface area contributed by atoms with Gasteiger partial charge in [-0.15, -0.1) is 23.7 Å². The molecule has 1 amide bonds. The van der Waals surface area contributed by atoms with Crippen molar-refractivity contribution in [3.63, 3.8) is 0 Å². The molecule has 0 radical (unpaired) electrons. The molecule has 136 valence electrons. The largest absolute Gasteiger partial charge is 0.434 e. The molecule has 2 N–H and O–H groups in total. The van der Waals surface area contributed by atoms with Gasteiger partial charge in [0.2, 0.25) is 0 Å². The molecule has 1 aromatic carbocycles. The van der Waals surface area contributed by atoms with Crippen molar-refractivity contribution in [2.24, 2.45) is 0 Å². The zero-order valence-corrected chi connectivity index (χ0v) is 14.8. The number of carbonyl (C=O) groups excluding carboxylic acids is 1. The molecule has 2 heterocycles. The van der Waals surface area contributed by atoms with E-state index in [9.17, 15) is 18.0 Å². The summed E-state index contributed by atoms with van der Waals surface area (Å²) in [7, 11) is 0. The second-order valence-electron chi connectivity index (χ2n) is 5.54. The number of nitrogens with zero attached hydrogens (tertiary/aromatic N) is 1. The summed E-state index contributed by atoms with van der Waals surface area (Å²) in [5.74, 6) is -0.307. The molecule has 0 unspecified atom stereocenters. The van der Waals surface area contributed by atoms with Crippen LogP contribution in [0.1, 0.15) is 32.2 Å². The lowest BCUT2D eigenvalue weighted by molar-refractivity contribution is -0.140. The van der Waals surface area contributed by atoms with Crippen LogP contribution in [0.3, 0.4) is 0 Å².